The zero-order valence-corrected chi connectivity index (χ0v) is 10.8. The summed E-state index contributed by atoms with van der Waals surface area (Å²) < 4.78 is 5.99. The van der Waals surface area contributed by atoms with Crippen LogP contribution in [0.1, 0.15) is 5.56 Å². The van der Waals surface area contributed by atoms with Gasteiger partial charge in [-0.25, -0.2) is 0 Å². The Hall–Kier alpha value is -0.143. The van der Waals surface area contributed by atoms with Gasteiger partial charge in [0.05, 0.1) is 10.2 Å². The Kier molecular flexibility index (Phi) is 6.29. The summed E-state index contributed by atoms with van der Waals surface area (Å²) in [5.41, 5.74) is 1.03. The smallest absolute Gasteiger partial charge is 0.608 e. The van der Waals surface area contributed by atoms with Gasteiger partial charge in [-0.05, 0) is 5.56 Å². The fraction of sp³-hybridized carbons (Fsp3) is 0.273. The zero-order chi connectivity index (χ0) is 10.5. The van der Waals surface area contributed by atoms with Crippen molar-refractivity contribution in [2.45, 2.75) is 6.61 Å². The van der Waals surface area contributed by atoms with E-state index in [0.29, 0.717) is 6.61 Å². The van der Waals surface area contributed by atoms with E-state index in [4.69, 9.17) is 4.74 Å². The summed E-state index contributed by atoms with van der Waals surface area (Å²) in [5.74, 6) is 1.85. The maximum Gasteiger partial charge on any atom is 1.00 e. The first-order chi connectivity index (χ1) is 7.36. The predicted octanol–water partition coefficient (Wildman–Crippen LogP) is -0.826. The van der Waals surface area contributed by atoms with Crippen LogP contribution in [0.15, 0.2) is 40.5 Å². The Labute approximate surface area is 116 Å². The number of hydrogen-bond acceptors (Lipinski definition) is 4. The Morgan fingerprint density at radius 3 is 2.44 bits per heavy atom. The molecule has 0 atom stereocenters. The second kappa shape index (κ2) is 7.24. The quantitative estimate of drug-likeness (QED) is 0.515. The van der Waals surface area contributed by atoms with Gasteiger partial charge in [-0.15, -0.1) is 23.5 Å². The normalized spacial score (nSPS) is 14.4. The Balaban J connectivity index is 0.00000128. The molecule has 16 heavy (non-hydrogen) atoms. The zero-order valence-electron chi connectivity index (χ0n) is 9.14. The predicted molar refractivity (Wildman–Crippen MR) is 63.2 cm³/mol. The third kappa shape index (κ3) is 4.02. The van der Waals surface area contributed by atoms with Crippen LogP contribution < -0.4 is 24.0 Å². The van der Waals surface area contributed by atoms with E-state index in [9.17, 15) is 5.11 Å². The van der Waals surface area contributed by atoms with E-state index < -0.39 is 0 Å². The standard InChI is InChI=1S/C11H12O2S2.Li/c12-10(11-14-6-7-15-11)13-8-9-4-2-1-3-5-9;/h1-5,12H,6-8H2;/q;+1/p-1. The maximum absolute atomic E-state index is 11.5. The van der Waals surface area contributed by atoms with Gasteiger partial charge in [0.2, 0.25) is 0 Å². The van der Waals surface area contributed by atoms with Gasteiger partial charge in [0.1, 0.15) is 0 Å². The van der Waals surface area contributed by atoms with Gasteiger partial charge in [0.25, 0.3) is 0 Å². The van der Waals surface area contributed by atoms with Crippen molar-refractivity contribution in [2.75, 3.05) is 11.5 Å². The van der Waals surface area contributed by atoms with Crippen molar-refractivity contribution in [2.24, 2.45) is 0 Å². The molecule has 2 nitrogen and oxygen atoms in total. The molecule has 1 saturated heterocycles. The van der Waals surface area contributed by atoms with Crippen LogP contribution in [0.3, 0.4) is 0 Å². The van der Waals surface area contributed by atoms with Gasteiger partial charge in [0.15, 0.2) is 0 Å². The molecule has 0 aromatic heterocycles. The molecular weight excluding hydrogens is 235 g/mol. The topological polar surface area (TPSA) is 32.3 Å². The molecule has 80 valence electrons. The van der Waals surface area contributed by atoms with Crippen LogP contribution >= 0.6 is 23.5 Å². The molecule has 0 bridgehead atoms. The Morgan fingerprint density at radius 2 is 1.81 bits per heavy atom. The Bertz CT molecular complexity index is 346. The molecule has 1 aromatic carbocycles. The summed E-state index contributed by atoms with van der Waals surface area (Å²) in [6, 6.07) is 9.73. The van der Waals surface area contributed by atoms with Crippen LogP contribution in [0.2, 0.25) is 0 Å². The second-order valence-electron chi connectivity index (χ2n) is 3.05. The third-order valence-corrected chi connectivity index (χ3v) is 4.57. The van der Waals surface area contributed by atoms with Crippen LogP contribution in [0.4, 0.5) is 0 Å². The molecule has 1 aromatic rings. The van der Waals surface area contributed by atoms with E-state index in [1.54, 1.807) is 23.5 Å². The minimum Gasteiger partial charge on any atom is -0.608 e. The number of benzene rings is 1. The van der Waals surface area contributed by atoms with Crippen LogP contribution in [0.25, 0.3) is 0 Å². The molecule has 1 aliphatic rings. The molecule has 0 spiro atoms. The van der Waals surface area contributed by atoms with Gasteiger partial charge in [-0.3, -0.25) is 0 Å². The van der Waals surface area contributed by atoms with Crippen molar-refractivity contribution < 1.29 is 28.7 Å². The van der Waals surface area contributed by atoms with Crippen molar-refractivity contribution in [3.05, 3.63) is 46.1 Å². The van der Waals surface area contributed by atoms with Crippen molar-refractivity contribution in [1.82, 2.24) is 0 Å². The van der Waals surface area contributed by atoms with E-state index in [-0.39, 0.29) is 24.8 Å². The number of thioether (sulfide) groups is 2. The molecule has 1 fully saturated rings. The monoisotopic (exact) mass is 246 g/mol. The van der Waals surface area contributed by atoms with E-state index >= 15 is 0 Å². The van der Waals surface area contributed by atoms with Crippen LogP contribution in [0.5, 0.6) is 0 Å². The molecule has 2 rings (SSSR count). The van der Waals surface area contributed by atoms with Crippen molar-refractivity contribution >= 4 is 23.5 Å². The largest absolute Gasteiger partial charge is 1.00 e. The number of hydrogen-bond donors (Lipinski definition) is 0. The molecule has 0 N–H and O–H groups in total. The van der Waals surface area contributed by atoms with Crippen LogP contribution in [0, 0.1) is 0 Å². The minimum absolute atomic E-state index is 0. The molecule has 0 radical (unpaired) electrons. The number of rotatable bonds is 3. The molecule has 0 amide bonds. The first-order valence-electron chi connectivity index (χ1n) is 4.70. The average Bonchev–Trinajstić information content (AvgIpc) is 2.81. The van der Waals surface area contributed by atoms with Crippen molar-refractivity contribution in [1.29, 1.82) is 0 Å². The summed E-state index contributed by atoms with van der Waals surface area (Å²) in [5, 5.41) is 11.5. The fourth-order valence-corrected chi connectivity index (χ4v) is 3.43. The molecule has 0 aliphatic carbocycles. The second-order valence-corrected chi connectivity index (χ2v) is 5.51. The maximum atomic E-state index is 11.5. The average molecular weight is 246 g/mol. The van der Waals surface area contributed by atoms with E-state index in [1.165, 1.54) is 0 Å². The van der Waals surface area contributed by atoms with E-state index in [2.05, 4.69) is 0 Å². The molecular formula is C11H11LiO2S2. The molecule has 1 heterocycles. The summed E-state index contributed by atoms with van der Waals surface area (Å²) in [6.45, 7) is 0.365. The van der Waals surface area contributed by atoms with Gasteiger partial charge in [-0.2, -0.15) is 0 Å². The van der Waals surface area contributed by atoms with Crippen LogP contribution in [-0.2, 0) is 11.3 Å². The number of ether oxygens (including phenoxy) is 1. The molecule has 0 saturated carbocycles. The first-order valence-corrected chi connectivity index (χ1v) is 6.67. The van der Waals surface area contributed by atoms with Crippen molar-refractivity contribution in [3.8, 4) is 0 Å². The Morgan fingerprint density at radius 1 is 1.19 bits per heavy atom. The fourth-order valence-electron chi connectivity index (χ4n) is 1.21. The van der Waals surface area contributed by atoms with Gasteiger partial charge < -0.3 is 9.84 Å². The summed E-state index contributed by atoms with van der Waals surface area (Å²) in [6.07, 6.45) is 0. The molecule has 1 aliphatic heterocycles. The van der Waals surface area contributed by atoms with Gasteiger partial charge in [-0.1, -0.05) is 30.3 Å². The SMILES string of the molecule is [Li+].[O-]C(OCc1ccccc1)=C1SCCS1. The first kappa shape index (κ1) is 13.9. The van der Waals surface area contributed by atoms with Gasteiger partial charge in [0, 0.05) is 18.1 Å². The molecule has 5 heteroatoms. The van der Waals surface area contributed by atoms with E-state index in [1.807, 2.05) is 30.3 Å². The van der Waals surface area contributed by atoms with Crippen molar-refractivity contribution in [3.63, 3.8) is 0 Å². The van der Waals surface area contributed by atoms with Gasteiger partial charge >= 0.3 is 18.9 Å². The summed E-state index contributed by atoms with van der Waals surface area (Å²) in [7, 11) is 0. The minimum atomic E-state index is -0.175. The van der Waals surface area contributed by atoms with Crippen LogP contribution in [-0.4, -0.2) is 11.5 Å². The van der Waals surface area contributed by atoms with E-state index in [0.717, 1.165) is 21.3 Å². The summed E-state index contributed by atoms with van der Waals surface area (Å²) >= 11 is 3.18. The summed E-state index contributed by atoms with van der Waals surface area (Å²) in [4.78, 5) is 0. The third-order valence-electron chi connectivity index (χ3n) is 1.93. The molecule has 0 unspecified atom stereocenters.